The van der Waals surface area contributed by atoms with Crippen LogP contribution in [0.15, 0.2) is 54.7 Å². The molecule has 1 amide bonds. The molecule has 0 spiro atoms. The maximum atomic E-state index is 11.3. The van der Waals surface area contributed by atoms with Gasteiger partial charge in [-0.15, -0.1) is 0 Å². The first-order valence-electron chi connectivity index (χ1n) is 10.9. The highest BCUT2D eigenvalue weighted by Gasteiger charge is 2.14. The number of hydrogen-bond acceptors (Lipinski definition) is 7. The molecule has 3 aromatic rings. The minimum Gasteiger partial charge on any atom is -0.369 e. The first kappa shape index (κ1) is 22.8. The smallest absolute Gasteiger partial charge is 0.229 e. The van der Waals surface area contributed by atoms with Crippen molar-refractivity contribution in [1.82, 2.24) is 14.9 Å². The van der Waals surface area contributed by atoms with Crippen LogP contribution in [0.2, 0.25) is 5.02 Å². The molecule has 1 aliphatic heterocycles. The Kier molecular flexibility index (Phi) is 7.26. The largest absolute Gasteiger partial charge is 0.369 e. The predicted octanol–water partition coefficient (Wildman–Crippen LogP) is 4.20. The van der Waals surface area contributed by atoms with E-state index in [4.69, 9.17) is 11.6 Å². The van der Waals surface area contributed by atoms with E-state index in [9.17, 15) is 4.79 Å². The number of nitrogens with zero attached hydrogens (tertiary/aromatic N) is 4. The SMILES string of the molecule is CC(=O)Nc1cccc(CNc2nc(Nc3ccc(N4CCN(C)CC4)cc3)ncc2Cl)c1. The van der Waals surface area contributed by atoms with Gasteiger partial charge in [-0.05, 0) is 49.0 Å². The van der Waals surface area contributed by atoms with Gasteiger partial charge in [0.05, 0.1) is 6.20 Å². The molecule has 1 aliphatic rings. The van der Waals surface area contributed by atoms with Crippen molar-refractivity contribution in [2.24, 2.45) is 0 Å². The van der Waals surface area contributed by atoms with E-state index in [0.717, 1.165) is 43.1 Å². The molecule has 0 unspecified atom stereocenters. The molecule has 1 fully saturated rings. The number of nitrogens with one attached hydrogen (secondary N) is 3. The van der Waals surface area contributed by atoms with Gasteiger partial charge >= 0.3 is 0 Å². The third kappa shape index (κ3) is 6.34. The number of halogens is 1. The van der Waals surface area contributed by atoms with E-state index in [1.807, 2.05) is 36.4 Å². The number of carbonyl (C=O) groups is 1. The lowest BCUT2D eigenvalue weighted by Crippen LogP contribution is -2.44. The second-order valence-corrected chi connectivity index (χ2v) is 8.49. The number of carbonyl (C=O) groups excluding carboxylic acids is 1. The van der Waals surface area contributed by atoms with Crippen molar-refractivity contribution < 1.29 is 4.79 Å². The molecule has 0 saturated carbocycles. The fourth-order valence-corrected chi connectivity index (χ4v) is 3.81. The molecular formula is C24H28ClN7O. The molecule has 1 saturated heterocycles. The van der Waals surface area contributed by atoms with Gasteiger partial charge in [0.25, 0.3) is 0 Å². The number of amides is 1. The minimum atomic E-state index is -0.105. The van der Waals surface area contributed by atoms with E-state index in [1.54, 1.807) is 6.20 Å². The van der Waals surface area contributed by atoms with Crippen LogP contribution >= 0.6 is 11.6 Å². The Morgan fingerprint density at radius 3 is 2.55 bits per heavy atom. The maximum Gasteiger partial charge on any atom is 0.229 e. The summed E-state index contributed by atoms with van der Waals surface area (Å²) in [5.41, 5.74) is 3.86. The molecule has 2 heterocycles. The van der Waals surface area contributed by atoms with E-state index in [-0.39, 0.29) is 5.91 Å². The third-order valence-electron chi connectivity index (χ3n) is 5.44. The molecule has 172 valence electrons. The highest BCUT2D eigenvalue weighted by molar-refractivity contribution is 6.32. The minimum absolute atomic E-state index is 0.105. The lowest BCUT2D eigenvalue weighted by Gasteiger charge is -2.34. The van der Waals surface area contributed by atoms with Crippen molar-refractivity contribution >= 4 is 46.3 Å². The monoisotopic (exact) mass is 465 g/mol. The van der Waals surface area contributed by atoms with Crippen LogP contribution in [0, 0.1) is 0 Å². The summed E-state index contributed by atoms with van der Waals surface area (Å²) in [4.78, 5) is 24.8. The summed E-state index contributed by atoms with van der Waals surface area (Å²) in [5, 5.41) is 9.71. The lowest BCUT2D eigenvalue weighted by atomic mass is 10.2. The van der Waals surface area contributed by atoms with E-state index < -0.39 is 0 Å². The lowest BCUT2D eigenvalue weighted by molar-refractivity contribution is -0.114. The van der Waals surface area contributed by atoms with Crippen molar-refractivity contribution in [2.45, 2.75) is 13.5 Å². The highest BCUT2D eigenvalue weighted by atomic mass is 35.5. The van der Waals surface area contributed by atoms with Gasteiger partial charge in [-0.25, -0.2) is 4.98 Å². The van der Waals surface area contributed by atoms with Crippen LogP contribution in [-0.4, -0.2) is 54.0 Å². The van der Waals surface area contributed by atoms with Crippen LogP contribution in [0.1, 0.15) is 12.5 Å². The fraction of sp³-hybridized carbons (Fsp3) is 0.292. The standard InChI is InChI=1S/C24H28ClN7O/c1-17(33)28-20-5-3-4-18(14-20)15-26-23-22(25)16-27-24(30-23)29-19-6-8-21(9-7-19)32-12-10-31(2)11-13-32/h3-9,14,16H,10-13,15H2,1-2H3,(H,28,33)(H2,26,27,29,30). The van der Waals surface area contributed by atoms with Gasteiger partial charge < -0.3 is 25.8 Å². The summed E-state index contributed by atoms with van der Waals surface area (Å²) >= 11 is 6.30. The van der Waals surface area contributed by atoms with Crippen molar-refractivity contribution in [3.8, 4) is 0 Å². The molecule has 0 bridgehead atoms. The van der Waals surface area contributed by atoms with Crippen molar-refractivity contribution in [2.75, 3.05) is 54.1 Å². The third-order valence-corrected chi connectivity index (χ3v) is 5.72. The van der Waals surface area contributed by atoms with Gasteiger partial charge in [-0.2, -0.15) is 4.98 Å². The average Bonchev–Trinajstić information content (AvgIpc) is 2.80. The molecule has 2 aromatic carbocycles. The number of hydrogen-bond donors (Lipinski definition) is 3. The van der Waals surface area contributed by atoms with Crippen LogP contribution in [0.4, 0.5) is 28.8 Å². The molecular weight excluding hydrogens is 438 g/mol. The first-order chi connectivity index (χ1) is 16.0. The number of aromatic nitrogens is 2. The molecule has 0 atom stereocenters. The molecule has 4 rings (SSSR count). The molecule has 8 nitrogen and oxygen atoms in total. The number of rotatable bonds is 7. The number of benzene rings is 2. The Labute approximate surface area is 199 Å². The van der Waals surface area contributed by atoms with Crippen LogP contribution in [0.3, 0.4) is 0 Å². The molecule has 3 N–H and O–H groups in total. The summed E-state index contributed by atoms with van der Waals surface area (Å²) in [6.45, 7) is 6.21. The second kappa shape index (κ2) is 10.5. The molecule has 0 radical (unpaired) electrons. The van der Waals surface area contributed by atoms with Crippen LogP contribution in [0.25, 0.3) is 0 Å². The van der Waals surface area contributed by atoms with Gasteiger partial charge in [0.2, 0.25) is 11.9 Å². The van der Waals surface area contributed by atoms with Gasteiger partial charge in [-0.3, -0.25) is 4.79 Å². The summed E-state index contributed by atoms with van der Waals surface area (Å²) in [6, 6.07) is 15.9. The Morgan fingerprint density at radius 2 is 1.82 bits per heavy atom. The van der Waals surface area contributed by atoms with E-state index in [2.05, 4.69) is 54.9 Å². The van der Waals surface area contributed by atoms with Crippen molar-refractivity contribution in [3.05, 3.63) is 65.3 Å². The zero-order valence-corrected chi connectivity index (χ0v) is 19.6. The van der Waals surface area contributed by atoms with E-state index in [1.165, 1.54) is 12.6 Å². The Bertz CT molecular complexity index is 1100. The molecule has 9 heteroatoms. The number of piperazine rings is 1. The van der Waals surface area contributed by atoms with Gasteiger partial charge in [-0.1, -0.05) is 23.7 Å². The molecule has 33 heavy (non-hydrogen) atoms. The zero-order valence-electron chi connectivity index (χ0n) is 18.8. The molecule has 1 aromatic heterocycles. The van der Waals surface area contributed by atoms with E-state index in [0.29, 0.717) is 23.3 Å². The van der Waals surface area contributed by atoms with Crippen LogP contribution < -0.4 is 20.9 Å². The Hall–Kier alpha value is -3.36. The van der Waals surface area contributed by atoms with Gasteiger partial charge in [0.15, 0.2) is 5.82 Å². The summed E-state index contributed by atoms with van der Waals surface area (Å²) in [7, 11) is 2.16. The van der Waals surface area contributed by atoms with Gasteiger partial charge in [0, 0.05) is 56.7 Å². The van der Waals surface area contributed by atoms with Crippen molar-refractivity contribution in [1.29, 1.82) is 0 Å². The fourth-order valence-electron chi connectivity index (χ4n) is 3.65. The number of anilines is 5. The summed E-state index contributed by atoms with van der Waals surface area (Å²) in [6.07, 6.45) is 1.57. The van der Waals surface area contributed by atoms with E-state index >= 15 is 0 Å². The van der Waals surface area contributed by atoms with Crippen LogP contribution in [-0.2, 0) is 11.3 Å². The molecule has 0 aliphatic carbocycles. The predicted molar refractivity (Wildman–Crippen MR) is 135 cm³/mol. The summed E-state index contributed by atoms with van der Waals surface area (Å²) < 4.78 is 0. The Morgan fingerprint density at radius 1 is 1.06 bits per heavy atom. The topological polar surface area (TPSA) is 85.4 Å². The highest BCUT2D eigenvalue weighted by Crippen LogP contribution is 2.24. The quantitative estimate of drug-likeness (QED) is 0.482. The zero-order chi connectivity index (χ0) is 23.2. The Balaban J connectivity index is 1.38. The first-order valence-corrected chi connectivity index (χ1v) is 11.3. The number of likely N-dealkylation sites (N-methyl/N-ethyl adjacent to an activating group) is 1. The van der Waals surface area contributed by atoms with Crippen molar-refractivity contribution in [3.63, 3.8) is 0 Å². The normalized spacial score (nSPS) is 14.1. The average molecular weight is 466 g/mol. The van der Waals surface area contributed by atoms with Gasteiger partial charge in [0.1, 0.15) is 5.02 Å². The second-order valence-electron chi connectivity index (χ2n) is 8.09. The summed E-state index contributed by atoms with van der Waals surface area (Å²) in [5.74, 6) is 0.889. The van der Waals surface area contributed by atoms with Crippen LogP contribution in [0.5, 0.6) is 0 Å². The maximum absolute atomic E-state index is 11.3.